The van der Waals surface area contributed by atoms with E-state index in [4.69, 9.17) is 16.7 Å². The lowest BCUT2D eigenvalue weighted by Crippen LogP contribution is -2.43. The minimum atomic E-state index is -1.31. The number of hydrogen-bond donors (Lipinski definition) is 3. The average molecular weight is 298 g/mol. The summed E-state index contributed by atoms with van der Waals surface area (Å²) in [4.78, 5) is 32.4. The highest BCUT2D eigenvalue weighted by atomic mass is 35.5. The summed E-state index contributed by atoms with van der Waals surface area (Å²) in [6, 6.07) is 2.14. The van der Waals surface area contributed by atoms with Crippen molar-refractivity contribution in [2.75, 3.05) is 0 Å². The zero-order chi connectivity index (χ0) is 14.9. The van der Waals surface area contributed by atoms with Gasteiger partial charge in [-0.1, -0.05) is 11.6 Å². The molecule has 1 aliphatic heterocycles. The Hall–Kier alpha value is -2.61. The maximum Gasteiger partial charge on any atom is 0.352 e. The van der Waals surface area contributed by atoms with E-state index in [2.05, 4.69) is 10.6 Å². The number of urea groups is 1. The summed E-state index contributed by atoms with van der Waals surface area (Å²) in [6.45, 7) is 0. The zero-order valence-electron chi connectivity index (χ0n) is 9.79. The molecule has 1 atom stereocenters. The molecule has 20 heavy (non-hydrogen) atoms. The van der Waals surface area contributed by atoms with Crippen LogP contribution in [0.4, 0.5) is 10.5 Å². The molecule has 2 amide bonds. The van der Waals surface area contributed by atoms with Crippen LogP contribution >= 0.6 is 11.6 Å². The highest BCUT2D eigenvalue weighted by Crippen LogP contribution is 2.29. The molecule has 0 saturated carbocycles. The van der Waals surface area contributed by atoms with Crippen molar-refractivity contribution < 1.29 is 19.6 Å². The van der Waals surface area contributed by atoms with Crippen LogP contribution in [0.1, 0.15) is 11.6 Å². The number of nitrogens with one attached hydrogen (secondary N) is 2. The molecule has 2 rings (SSSR count). The summed E-state index contributed by atoms with van der Waals surface area (Å²) in [6.07, 6.45) is 1.22. The van der Waals surface area contributed by atoms with Crippen molar-refractivity contribution >= 4 is 29.3 Å². The van der Waals surface area contributed by atoms with Crippen LogP contribution in [0, 0.1) is 10.1 Å². The summed E-state index contributed by atoms with van der Waals surface area (Å²) in [5.41, 5.74) is -0.279. The highest BCUT2D eigenvalue weighted by molar-refractivity contribution is 6.31. The van der Waals surface area contributed by atoms with Gasteiger partial charge in [0.15, 0.2) is 0 Å². The van der Waals surface area contributed by atoms with Gasteiger partial charge in [0.2, 0.25) is 0 Å². The minimum absolute atomic E-state index is 0.184. The Morgan fingerprint density at radius 3 is 2.75 bits per heavy atom. The number of amides is 2. The minimum Gasteiger partial charge on any atom is -0.477 e. The lowest BCUT2D eigenvalue weighted by Gasteiger charge is -2.22. The highest BCUT2D eigenvalue weighted by Gasteiger charge is 2.25. The molecule has 0 aliphatic carbocycles. The second-order valence-electron chi connectivity index (χ2n) is 3.92. The van der Waals surface area contributed by atoms with Gasteiger partial charge in [-0.2, -0.15) is 0 Å². The zero-order valence-corrected chi connectivity index (χ0v) is 10.5. The van der Waals surface area contributed by atoms with E-state index in [0.29, 0.717) is 0 Å². The third kappa shape index (κ3) is 2.69. The number of hydrogen-bond acceptors (Lipinski definition) is 4. The number of halogens is 1. The SMILES string of the molecule is O=C1NC(C(=O)O)=CC(c2cc([N+](=O)[O-])ccc2Cl)N1. The third-order valence-corrected chi connectivity index (χ3v) is 2.97. The van der Waals surface area contributed by atoms with Crippen LogP contribution in [0.2, 0.25) is 5.02 Å². The van der Waals surface area contributed by atoms with Gasteiger partial charge in [0.05, 0.1) is 11.0 Å². The lowest BCUT2D eigenvalue weighted by molar-refractivity contribution is -0.384. The van der Waals surface area contributed by atoms with Gasteiger partial charge in [-0.05, 0) is 12.1 Å². The van der Waals surface area contributed by atoms with Crippen molar-refractivity contribution in [2.45, 2.75) is 6.04 Å². The molecule has 0 spiro atoms. The third-order valence-electron chi connectivity index (χ3n) is 2.62. The monoisotopic (exact) mass is 297 g/mol. The lowest BCUT2D eigenvalue weighted by atomic mass is 10.0. The fourth-order valence-corrected chi connectivity index (χ4v) is 1.96. The van der Waals surface area contributed by atoms with Crippen LogP contribution in [0.3, 0.4) is 0 Å². The average Bonchev–Trinajstić information content (AvgIpc) is 2.38. The predicted octanol–water partition coefficient (Wildman–Crippen LogP) is 1.57. The number of carboxylic acids is 1. The van der Waals surface area contributed by atoms with Crippen molar-refractivity contribution in [1.82, 2.24) is 10.6 Å². The van der Waals surface area contributed by atoms with E-state index < -0.39 is 23.0 Å². The molecule has 3 N–H and O–H groups in total. The van der Waals surface area contributed by atoms with Crippen molar-refractivity contribution in [3.05, 3.63) is 50.7 Å². The molecule has 1 heterocycles. The number of benzene rings is 1. The molecular formula is C11H8ClN3O5. The number of carbonyl (C=O) groups excluding carboxylic acids is 1. The number of aliphatic carboxylic acids is 1. The summed E-state index contributed by atoms with van der Waals surface area (Å²) in [5, 5.41) is 24.3. The van der Waals surface area contributed by atoms with Crippen LogP contribution < -0.4 is 10.6 Å². The van der Waals surface area contributed by atoms with Gasteiger partial charge >= 0.3 is 12.0 Å². The summed E-state index contributed by atoms with van der Waals surface area (Å²) in [5.74, 6) is -1.31. The first-order chi connectivity index (χ1) is 9.38. The molecule has 0 fully saturated rings. The van der Waals surface area contributed by atoms with Crippen molar-refractivity contribution in [3.8, 4) is 0 Å². The summed E-state index contributed by atoms with van der Waals surface area (Å²) >= 11 is 5.94. The van der Waals surface area contributed by atoms with E-state index in [9.17, 15) is 19.7 Å². The van der Waals surface area contributed by atoms with Crippen LogP contribution in [0.25, 0.3) is 0 Å². The molecule has 1 aromatic carbocycles. The van der Waals surface area contributed by atoms with Crippen LogP contribution in [-0.2, 0) is 4.79 Å². The Kier molecular flexibility index (Phi) is 3.57. The first kappa shape index (κ1) is 13.8. The Bertz CT molecular complexity index is 643. The summed E-state index contributed by atoms with van der Waals surface area (Å²) < 4.78 is 0. The number of non-ortho nitro benzene ring substituents is 1. The Labute approximate surface area is 117 Å². The number of nitrogens with zero attached hydrogens (tertiary/aromatic N) is 1. The molecule has 0 aromatic heterocycles. The Balaban J connectivity index is 2.47. The quantitative estimate of drug-likeness (QED) is 0.577. The summed E-state index contributed by atoms with van der Waals surface area (Å²) in [7, 11) is 0. The molecule has 1 aliphatic rings. The topological polar surface area (TPSA) is 122 Å². The van der Waals surface area contributed by atoms with E-state index in [1.54, 1.807) is 0 Å². The van der Waals surface area contributed by atoms with Crippen molar-refractivity contribution in [1.29, 1.82) is 0 Å². The van der Waals surface area contributed by atoms with Crippen molar-refractivity contribution in [2.24, 2.45) is 0 Å². The Morgan fingerprint density at radius 2 is 2.15 bits per heavy atom. The molecule has 0 bridgehead atoms. The molecule has 8 nitrogen and oxygen atoms in total. The van der Waals surface area contributed by atoms with Crippen LogP contribution in [0.5, 0.6) is 0 Å². The first-order valence-corrected chi connectivity index (χ1v) is 5.72. The fraction of sp³-hybridized carbons (Fsp3) is 0.0909. The second-order valence-corrected chi connectivity index (χ2v) is 4.33. The standard InChI is InChI=1S/C11H8ClN3O5/c12-7-2-1-5(15(19)20)3-6(7)8-4-9(10(16)17)14-11(18)13-8/h1-4,8H,(H,16,17)(H2,13,14,18). The molecule has 0 radical (unpaired) electrons. The number of carbonyl (C=O) groups is 2. The molecule has 104 valence electrons. The predicted molar refractivity (Wildman–Crippen MR) is 68.2 cm³/mol. The second kappa shape index (κ2) is 5.17. The molecule has 1 aromatic rings. The maximum absolute atomic E-state index is 11.4. The van der Waals surface area contributed by atoms with Gasteiger partial charge < -0.3 is 15.7 Å². The maximum atomic E-state index is 11.4. The van der Waals surface area contributed by atoms with Gasteiger partial charge in [-0.25, -0.2) is 9.59 Å². The fourth-order valence-electron chi connectivity index (χ4n) is 1.72. The van der Waals surface area contributed by atoms with Gasteiger partial charge in [0.25, 0.3) is 5.69 Å². The largest absolute Gasteiger partial charge is 0.477 e. The van der Waals surface area contributed by atoms with E-state index in [1.165, 1.54) is 24.3 Å². The molecule has 1 unspecified atom stereocenters. The number of nitro groups is 1. The van der Waals surface area contributed by atoms with Gasteiger partial charge in [-0.15, -0.1) is 0 Å². The normalized spacial score (nSPS) is 17.8. The van der Waals surface area contributed by atoms with E-state index in [1.807, 2.05) is 0 Å². The molecule has 0 saturated heterocycles. The molecule has 9 heteroatoms. The van der Waals surface area contributed by atoms with E-state index >= 15 is 0 Å². The van der Waals surface area contributed by atoms with Crippen LogP contribution in [0.15, 0.2) is 30.0 Å². The van der Waals surface area contributed by atoms with Crippen LogP contribution in [-0.4, -0.2) is 22.0 Å². The van der Waals surface area contributed by atoms with E-state index in [-0.39, 0.29) is 22.0 Å². The first-order valence-electron chi connectivity index (χ1n) is 5.35. The number of rotatable bonds is 3. The van der Waals surface area contributed by atoms with Crippen molar-refractivity contribution in [3.63, 3.8) is 0 Å². The molecular weight excluding hydrogens is 290 g/mol. The van der Waals surface area contributed by atoms with Gasteiger partial charge in [0, 0.05) is 22.7 Å². The van der Waals surface area contributed by atoms with E-state index in [0.717, 1.165) is 0 Å². The number of nitro benzene ring substituents is 1. The number of carboxylic acid groups (broad SMARTS) is 1. The smallest absolute Gasteiger partial charge is 0.352 e. The van der Waals surface area contributed by atoms with Gasteiger partial charge in [0.1, 0.15) is 5.70 Å². The van der Waals surface area contributed by atoms with Gasteiger partial charge in [-0.3, -0.25) is 10.1 Å². The Morgan fingerprint density at radius 1 is 1.45 bits per heavy atom.